The molecule has 2 aromatic carbocycles. The van der Waals surface area contributed by atoms with Gasteiger partial charge in [-0.05, 0) is 30.2 Å². The highest BCUT2D eigenvalue weighted by Crippen LogP contribution is 2.28. The molecular weight excluding hydrogens is 294 g/mol. The van der Waals surface area contributed by atoms with Crippen LogP contribution >= 0.6 is 0 Å². The summed E-state index contributed by atoms with van der Waals surface area (Å²) in [5.41, 5.74) is 4.01. The normalized spacial score (nSPS) is 10.5. The van der Waals surface area contributed by atoms with E-state index in [9.17, 15) is 4.79 Å². The predicted molar refractivity (Wildman–Crippen MR) is 85.6 cm³/mol. The van der Waals surface area contributed by atoms with E-state index in [1.807, 2.05) is 48.5 Å². The zero-order valence-corrected chi connectivity index (χ0v) is 12.7. The molecule has 0 saturated carbocycles. The van der Waals surface area contributed by atoms with E-state index in [4.69, 9.17) is 14.4 Å². The smallest absolute Gasteiger partial charge is 0.375 e. The van der Waals surface area contributed by atoms with Gasteiger partial charge in [0.05, 0.1) is 7.11 Å². The van der Waals surface area contributed by atoms with Gasteiger partial charge < -0.3 is 14.4 Å². The molecule has 116 valence electrons. The van der Waals surface area contributed by atoms with Crippen molar-refractivity contribution in [1.82, 2.24) is 5.16 Å². The molecule has 0 bridgehead atoms. The fourth-order valence-corrected chi connectivity index (χ4v) is 2.41. The molecule has 1 heterocycles. The highest BCUT2D eigenvalue weighted by molar-refractivity contribution is 5.88. The Bertz CT molecular complexity index is 832. The van der Waals surface area contributed by atoms with E-state index in [1.54, 1.807) is 14.0 Å². The monoisotopic (exact) mass is 309 g/mol. The number of aromatic nitrogens is 1. The van der Waals surface area contributed by atoms with Crippen molar-refractivity contribution in [3.05, 3.63) is 59.9 Å². The minimum Gasteiger partial charge on any atom is -0.497 e. The molecule has 0 saturated heterocycles. The summed E-state index contributed by atoms with van der Waals surface area (Å²) in [6.45, 7) is 1.69. The molecule has 3 aromatic rings. The van der Waals surface area contributed by atoms with E-state index in [1.165, 1.54) is 0 Å². The van der Waals surface area contributed by atoms with Crippen molar-refractivity contribution in [3.63, 3.8) is 0 Å². The molecule has 5 heteroatoms. The van der Waals surface area contributed by atoms with Crippen LogP contribution in [0.25, 0.3) is 22.4 Å². The first kappa shape index (κ1) is 14.8. The van der Waals surface area contributed by atoms with Crippen molar-refractivity contribution in [2.75, 3.05) is 7.11 Å². The molecule has 0 amide bonds. The highest BCUT2D eigenvalue weighted by Gasteiger charge is 2.18. The Balaban J connectivity index is 1.91. The summed E-state index contributed by atoms with van der Waals surface area (Å²) in [5, 5.41) is 12.9. The second kappa shape index (κ2) is 5.96. The molecular formula is C18H15NO4. The van der Waals surface area contributed by atoms with Gasteiger partial charge in [0, 0.05) is 11.1 Å². The summed E-state index contributed by atoms with van der Waals surface area (Å²) >= 11 is 0. The SMILES string of the molecule is COc1ccc(-c2ccc(-c3noc(C(=O)O)c3C)cc2)cc1. The number of rotatable bonds is 4. The molecule has 0 aliphatic heterocycles. The van der Waals surface area contributed by atoms with Crippen LogP contribution in [0.4, 0.5) is 0 Å². The van der Waals surface area contributed by atoms with Crippen LogP contribution < -0.4 is 4.74 Å². The van der Waals surface area contributed by atoms with E-state index in [0.717, 1.165) is 22.4 Å². The summed E-state index contributed by atoms with van der Waals surface area (Å²) in [5.74, 6) is -0.430. The zero-order chi connectivity index (χ0) is 16.4. The van der Waals surface area contributed by atoms with Crippen LogP contribution in [0.2, 0.25) is 0 Å². The van der Waals surface area contributed by atoms with E-state index >= 15 is 0 Å². The topological polar surface area (TPSA) is 72.6 Å². The summed E-state index contributed by atoms with van der Waals surface area (Å²) in [6, 6.07) is 15.5. The summed E-state index contributed by atoms with van der Waals surface area (Å²) in [6.07, 6.45) is 0. The first-order chi connectivity index (χ1) is 11.1. The van der Waals surface area contributed by atoms with Gasteiger partial charge in [-0.2, -0.15) is 0 Å². The first-order valence-electron chi connectivity index (χ1n) is 7.04. The quantitative estimate of drug-likeness (QED) is 0.788. The molecule has 1 aromatic heterocycles. The summed E-state index contributed by atoms with van der Waals surface area (Å²) in [4.78, 5) is 11.0. The fourth-order valence-electron chi connectivity index (χ4n) is 2.41. The van der Waals surface area contributed by atoms with Crippen LogP contribution in [0.3, 0.4) is 0 Å². The number of nitrogens with zero attached hydrogens (tertiary/aromatic N) is 1. The van der Waals surface area contributed by atoms with Crippen LogP contribution in [0, 0.1) is 6.92 Å². The molecule has 0 spiro atoms. The molecule has 0 unspecified atom stereocenters. The molecule has 0 radical (unpaired) electrons. The molecule has 0 fully saturated rings. The van der Waals surface area contributed by atoms with Crippen LogP contribution in [0.1, 0.15) is 16.1 Å². The maximum absolute atomic E-state index is 11.0. The Labute approximate surface area is 133 Å². The van der Waals surface area contributed by atoms with Crippen molar-refractivity contribution < 1.29 is 19.2 Å². The third-order valence-electron chi connectivity index (χ3n) is 3.70. The molecule has 0 atom stereocenters. The van der Waals surface area contributed by atoms with Crippen LogP contribution in [-0.4, -0.2) is 23.3 Å². The van der Waals surface area contributed by atoms with Crippen LogP contribution in [0.15, 0.2) is 53.1 Å². The van der Waals surface area contributed by atoms with E-state index in [0.29, 0.717) is 11.3 Å². The first-order valence-corrected chi connectivity index (χ1v) is 7.04. The Morgan fingerprint density at radius 3 is 2.00 bits per heavy atom. The van der Waals surface area contributed by atoms with Crippen LogP contribution in [0.5, 0.6) is 5.75 Å². The number of hydrogen-bond donors (Lipinski definition) is 1. The Hall–Kier alpha value is -3.08. The zero-order valence-electron chi connectivity index (χ0n) is 12.7. The molecule has 1 N–H and O–H groups in total. The lowest BCUT2D eigenvalue weighted by molar-refractivity contribution is 0.0651. The average molecular weight is 309 g/mol. The van der Waals surface area contributed by atoms with Gasteiger partial charge in [-0.25, -0.2) is 4.79 Å². The maximum Gasteiger partial charge on any atom is 0.375 e. The van der Waals surface area contributed by atoms with Crippen molar-refractivity contribution in [3.8, 4) is 28.1 Å². The van der Waals surface area contributed by atoms with Crippen molar-refractivity contribution in [1.29, 1.82) is 0 Å². The second-order valence-electron chi connectivity index (χ2n) is 5.10. The fraction of sp³-hybridized carbons (Fsp3) is 0.111. The summed E-state index contributed by atoms with van der Waals surface area (Å²) < 4.78 is 10.0. The molecule has 5 nitrogen and oxygen atoms in total. The minimum atomic E-state index is -1.11. The van der Waals surface area contributed by atoms with Crippen molar-refractivity contribution in [2.45, 2.75) is 6.92 Å². The Kier molecular flexibility index (Phi) is 3.85. The highest BCUT2D eigenvalue weighted by atomic mass is 16.5. The van der Waals surface area contributed by atoms with E-state index in [2.05, 4.69) is 5.16 Å². The third-order valence-corrected chi connectivity index (χ3v) is 3.70. The molecule has 0 aliphatic carbocycles. The van der Waals surface area contributed by atoms with Gasteiger partial charge in [0.25, 0.3) is 0 Å². The third kappa shape index (κ3) is 2.81. The van der Waals surface area contributed by atoms with E-state index < -0.39 is 5.97 Å². The van der Waals surface area contributed by atoms with Crippen LogP contribution in [-0.2, 0) is 0 Å². The van der Waals surface area contributed by atoms with Gasteiger partial charge in [0.1, 0.15) is 11.4 Å². The average Bonchev–Trinajstić information content (AvgIpc) is 2.97. The molecule has 3 rings (SSSR count). The van der Waals surface area contributed by atoms with Gasteiger partial charge in [0.2, 0.25) is 5.76 Å². The largest absolute Gasteiger partial charge is 0.497 e. The number of carbonyl (C=O) groups is 1. The van der Waals surface area contributed by atoms with Crippen molar-refractivity contribution in [2.24, 2.45) is 0 Å². The number of carboxylic acids is 1. The number of ether oxygens (including phenoxy) is 1. The number of benzene rings is 2. The van der Waals surface area contributed by atoms with E-state index in [-0.39, 0.29) is 5.76 Å². The Morgan fingerprint density at radius 2 is 1.52 bits per heavy atom. The summed E-state index contributed by atoms with van der Waals surface area (Å²) in [7, 11) is 1.63. The lowest BCUT2D eigenvalue weighted by Crippen LogP contribution is -1.95. The second-order valence-corrected chi connectivity index (χ2v) is 5.10. The number of carboxylic acid groups (broad SMARTS) is 1. The number of aromatic carboxylic acids is 1. The van der Waals surface area contributed by atoms with Crippen molar-refractivity contribution >= 4 is 5.97 Å². The maximum atomic E-state index is 11.0. The van der Waals surface area contributed by atoms with Gasteiger partial charge in [-0.1, -0.05) is 41.6 Å². The lowest BCUT2D eigenvalue weighted by Gasteiger charge is -2.05. The predicted octanol–water partition coefficient (Wildman–Crippen LogP) is 4.02. The number of hydrogen-bond acceptors (Lipinski definition) is 4. The van der Waals surface area contributed by atoms with Gasteiger partial charge in [-0.15, -0.1) is 0 Å². The number of methoxy groups -OCH3 is 1. The Morgan fingerprint density at radius 1 is 1.00 bits per heavy atom. The van der Waals surface area contributed by atoms with Gasteiger partial charge >= 0.3 is 5.97 Å². The molecule has 23 heavy (non-hydrogen) atoms. The van der Waals surface area contributed by atoms with Gasteiger partial charge in [0.15, 0.2) is 0 Å². The standard InChI is InChI=1S/C18H15NO4/c1-11-16(19-23-17(11)18(20)21)14-5-3-12(4-6-14)13-7-9-15(22-2)10-8-13/h3-10H,1-2H3,(H,20,21). The van der Waals surface area contributed by atoms with Gasteiger partial charge in [-0.3, -0.25) is 0 Å². The lowest BCUT2D eigenvalue weighted by atomic mass is 10.0. The minimum absolute atomic E-state index is 0.126. The molecule has 0 aliphatic rings.